The van der Waals surface area contributed by atoms with Gasteiger partial charge in [0, 0.05) is 13.0 Å². The SMILES string of the molecule is O=C(C[C@H]1COCCN1S(=O)(=O)Cc1ccc(Cl)c(F)c1)c1cccs1. The van der Waals surface area contributed by atoms with Crippen LogP contribution in [0.5, 0.6) is 0 Å². The van der Waals surface area contributed by atoms with Gasteiger partial charge in [-0.3, -0.25) is 4.79 Å². The zero-order valence-electron chi connectivity index (χ0n) is 13.7. The van der Waals surface area contributed by atoms with Crippen molar-refractivity contribution in [2.45, 2.75) is 18.2 Å². The summed E-state index contributed by atoms with van der Waals surface area (Å²) in [5.41, 5.74) is 0.307. The number of halogens is 2. The number of ketones is 1. The van der Waals surface area contributed by atoms with E-state index in [1.165, 1.54) is 27.8 Å². The third-order valence-corrected chi connectivity index (χ3v) is 7.19. The quantitative estimate of drug-likeness (QED) is 0.676. The Morgan fingerprint density at radius 2 is 2.19 bits per heavy atom. The van der Waals surface area contributed by atoms with E-state index in [0.29, 0.717) is 10.4 Å². The molecule has 26 heavy (non-hydrogen) atoms. The molecule has 1 aliphatic rings. The van der Waals surface area contributed by atoms with Gasteiger partial charge in [0.05, 0.1) is 34.9 Å². The average molecular weight is 418 g/mol. The molecule has 1 fully saturated rings. The van der Waals surface area contributed by atoms with Crippen molar-refractivity contribution in [3.8, 4) is 0 Å². The van der Waals surface area contributed by atoms with Crippen molar-refractivity contribution in [1.82, 2.24) is 4.31 Å². The van der Waals surface area contributed by atoms with E-state index in [1.54, 1.807) is 17.5 Å². The lowest BCUT2D eigenvalue weighted by molar-refractivity contribution is 0.0293. The van der Waals surface area contributed by atoms with Crippen molar-refractivity contribution in [2.24, 2.45) is 0 Å². The fourth-order valence-corrected chi connectivity index (χ4v) is 5.34. The molecular formula is C17H17ClFNO4S2. The maximum atomic E-state index is 13.6. The van der Waals surface area contributed by atoms with Crippen LogP contribution in [0.2, 0.25) is 5.02 Å². The topological polar surface area (TPSA) is 63.7 Å². The number of hydrogen-bond donors (Lipinski definition) is 0. The zero-order valence-corrected chi connectivity index (χ0v) is 16.1. The number of carbonyl (C=O) groups excluding carboxylic acids is 1. The Labute approximate surface area is 160 Å². The maximum Gasteiger partial charge on any atom is 0.218 e. The van der Waals surface area contributed by atoms with E-state index in [0.717, 1.165) is 6.07 Å². The molecule has 0 aliphatic carbocycles. The van der Waals surface area contributed by atoms with E-state index < -0.39 is 21.9 Å². The Bertz CT molecular complexity index is 886. The number of rotatable bonds is 6. The monoisotopic (exact) mass is 417 g/mol. The second-order valence-electron chi connectivity index (χ2n) is 5.95. The molecule has 5 nitrogen and oxygen atoms in total. The lowest BCUT2D eigenvalue weighted by Crippen LogP contribution is -2.49. The van der Waals surface area contributed by atoms with E-state index in [2.05, 4.69) is 0 Å². The fourth-order valence-electron chi connectivity index (χ4n) is 2.84. The first-order valence-electron chi connectivity index (χ1n) is 7.95. The molecule has 140 valence electrons. The van der Waals surface area contributed by atoms with Gasteiger partial charge >= 0.3 is 0 Å². The molecule has 0 amide bonds. The zero-order chi connectivity index (χ0) is 18.7. The minimum Gasteiger partial charge on any atom is -0.378 e. The number of morpholine rings is 1. The first kappa shape index (κ1) is 19.4. The number of ether oxygens (including phenoxy) is 1. The van der Waals surface area contributed by atoms with Crippen molar-refractivity contribution >= 4 is 38.7 Å². The fraction of sp³-hybridized carbons (Fsp3) is 0.353. The number of Topliss-reactive ketones (excluding diaryl/α,β-unsaturated/α-hetero) is 1. The highest BCUT2D eigenvalue weighted by atomic mass is 35.5. The van der Waals surface area contributed by atoms with Crippen LogP contribution in [0.4, 0.5) is 4.39 Å². The van der Waals surface area contributed by atoms with Gasteiger partial charge in [-0.05, 0) is 29.1 Å². The smallest absolute Gasteiger partial charge is 0.218 e. The molecule has 3 rings (SSSR count). The van der Waals surface area contributed by atoms with Crippen LogP contribution in [0.1, 0.15) is 21.7 Å². The molecule has 2 aromatic rings. The molecule has 1 atom stereocenters. The van der Waals surface area contributed by atoms with Gasteiger partial charge in [-0.1, -0.05) is 23.7 Å². The maximum absolute atomic E-state index is 13.6. The average Bonchev–Trinajstić information content (AvgIpc) is 3.13. The molecular weight excluding hydrogens is 401 g/mol. The number of hydrogen-bond acceptors (Lipinski definition) is 5. The third kappa shape index (κ3) is 4.50. The summed E-state index contributed by atoms with van der Waals surface area (Å²) in [5, 5.41) is 1.74. The summed E-state index contributed by atoms with van der Waals surface area (Å²) >= 11 is 6.96. The van der Waals surface area contributed by atoms with Crippen molar-refractivity contribution in [2.75, 3.05) is 19.8 Å². The summed E-state index contributed by atoms with van der Waals surface area (Å²) in [6.45, 7) is 0.587. The highest BCUT2D eigenvalue weighted by Gasteiger charge is 2.34. The molecule has 0 N–H and O–H groups in total. The third-order valence-electron chi connectivity index (χ3n) is 4.08. The molecule has 0 unspecified atom stereocenters. The number of carbonyl (C=O) groups is 1. The Hall–Kier alpha value is -1.32. The number of sulfonamides is 1. The molecule has 9 heteroatoms. The van der Waals surface area contributed by atoms with Crippen LogP contribution in [0.15, 0.2) is 35.7 Å². The minimum atomic E-state index is -3.73. The molecule has 1 aromatic heterocycles. The number of nitrogens with zero attached hydrogens (tertiary/aromatic N) is 1. The molecule has 0 spiro atoms. The Balaban J connectivity index is 1.76. The summed E-state index contributed by atoms with van der Waals surface area (Å²) in [4.78, 5) is 12.9. The van der Waals surface area contributed by atoms with Crippen LogP contribution in [0, 0.1) is 5.82 Å². The van der Waals surface area contributed by atoms with Gasteiger partial charge in [-0.2, -0.15) is 4.31 Å². The van der Waals surface area contributed by atoms with Gasteiger partial charge in [-0.15, -0.1) is 11.3 Å². The van der Waals surface area contributed by atoms with Gasteiger partial charge in [0.25, 0.3) is 0 Å². The summed E-state index contributed by atoms with van der Waals surface area (Å²) in [5.74, 6) is -1.14. The summed E-state index contributed by atoms with van der Waals surface area (Å²) in [7, 11) is -3.73. The summed E-state index contributed by atoms with van der Waals surface area (Å²) < 4.78 is 45.9. The second-order valence-corrected chi connectivity index (χ2v) is 9.23. The van der Waals surface area contributed by atoms with E-state index in [-0.39, 0.29) is 42.7 Å². The molecule has 2 heterocycles. The van der Waals surface area contributed by atoms with Gasteiger partial charge in [0.15, 0.2) is 5.78 Å². The lowest BCUT2D eigenvalue weighted by atomic mass is 10.1. The second kappa shape index (κ2) is 8.14. The predicted octanol–water partition coefficient (Wildman–Crippen LogP) is 3.34. The first-order chi connectivity index (χ1) is 12.4. The van der Waals surface area contributed by atoms with Crippen molar-refractivity contribution in [1.29, 1.82) is 0 Å². The van der Waals surface area contributed by atoms with Crippen molar-refractivity contribution in [3.63, 3.8) is 0 Å². The Morgan fingerprint density at radius 1 is 1.38 bits per heavy atom. The molecule has 1 aromatic carbocycles. The van der Waals surface area contributed by atoms with E-state index in [9.17, 15) is 17.6 Å². The Kier molecular flexibility index (Phi) is 6.09. The normalized spacial score (nSPS) is 18.8. The van der Waals surface area contributed by atoms with E-state index in [1.807, 2.05) is 0 Å². The van der Waals surface area contributed by atoms with Crippen LogP contribution >= 0.6 is 22.9 Å². The standard InChI is InChI=1S/C17H17ClFNO4S2/c18-14-4-3-12(8-15(14)19)11-26(22,23)20-5-6-24-10-13(20)9-16(21)17-2-1-7-25-17/h1-4,7-8,13H,5-6,9-11H2/t13-/m0/s1. The summed E-state index contributed by atoms with van der Waals surface area (Å²) in [6.07, 6.45) is 0.0503. The molecule has 0 saturated carbocycles. The Morgan fingerprint density at radius 3 is 2.88 bits per heavy atom. The van der Waals surface area contributed by atoms with Crippen LogP contribution in [-0.2, 0) is 20.5 Å². The van der Waals surface area contributed by atoms with Crippen molar-refractivity contribution < 1.29 is 22.3 Å². The van der Waals surface area contributed by atoms with Crippen molar-refractivity contribution in [3.05, 3.63) is 57.0 Å². The molecule has 0 bridgehead atoms. The first-order valence-corrected chi connectivity index (χ1v) is 10.8. The number of benzene rings is 1. The van der Waals surface area contributed by atoms with Gasteiger partial charge in [0.2, 0.25) is 10.0 Å². The summed E-state index contributed by atoms with van der Waals surface area (Å²) in [6, 6.07) is 6.85. The number of thiophene rings is 1. The van der Waals surface area contributed by atoms with Gasteiger partial charge in [-0.25, -0.2) is 12.8 Å². The molecule has 1 aliphatic heterocycles. The van der Waals surface area contributed by atoms with E-state index in [4.69, 9.17) is 16.3 Å². The van der Waals surface area contributed by atoms with E-state index >= 15 is 0 Å². The molecule has 0 radical (unpaired) electrons. The molecule has 1 saturated heterocycles. The van der Waals surface area contributed by atoms with Crippen LogP contribution in [-0.4, -0.2) is 44.3 Å². The van der Waals surface area contributed by atoms with Crippen LogP contribution in [0.25, 0.3) is 0 Å². The largest absolute Gasteiger partial charge is 0.378 e. The lowest BCUT2D eigenvalue weighted by Gasteiger charge is -2.34. The van der Waals surface area contributed by atoms with Gasteiger partial charge < -0.3 is 4.74 Å². The minimum absolute atomic E-state index is 0.0503. The predicted molar refractivity (Wildman–Crippen MR) is 98.6 cm³/mol. The highest BCUT2D eigenvalue weighted by molar-refractivity contribution is 7.88. The van der Waals surface area contributed by atoms with Gasteiger partial charge in [0.1, 0.15) is 5.82 Å². The van der Waals surface area contributed by atoms with Crippen LogP contribution < -0.4 is 0 Å². The highest BCUT2D eigenvalue weighted by Crippen LogP contribution is 2.23. The van der Waals surface area contributed by atoms with Crippen LogP contribution in [0.3, 0.4) is 0 Å².